The zero-order valence-corrected chi connectivity index (χ0v) is 17.6. The second kappa shape index (κ2) is 9.49. The molecule has 30 heavy (non-hydrogen) atoms. The molecule has 2 amide bonds. The minimum Gasteiger partial charge on any atom is -0.497 e. The minimum atomic E-state index is -0.842. The molecule has 0 spiro atoms. The number of ether oxygens (including phenoxy) is 1. The maximum absolute atomic E-state index is 13.9. The summed E-state index contributed by atoms with van der Waals surface area (Å²) in [6.07, 6.45) is 0. The smallest absolute Gasteiger partial charge is 0.254 e. The Balaban J connectivity index is 1.70. The average Bonchev–Trinajstić information content (AvgIpc) is 3.20. The van der Waals surface area contributed by atoms with Gasteiger partial charge in [0.1, 0.15) is 17.6 Å². The molecule has 0 unspecified atom stereocenters. The van der Waals surface area contributed by atoms with E-state index >= 15 is 0 Å². The molecule has 3 rings (SSSR count). The third-order valence-corrected chi connectivity index (χ3v) is 5.23. The number of aromatic nitrogens is 1. The second-order valence-corrected chi connectivity index (χ2v) is 7.79. The molecule has 0 fully saturated rings. The van der Waals surface area contributed by atoms with Crippen LogP contribution in [0.25, 0.3) is 11.3 Å². The van der Waals surface area contributed by atoms with E-state index in [2.05, 4.69) is 15.6 Å². The molecule has 0 saturated heterocycles. The summed E-state index contributed by atoms with van der Waals surface area (Å²) in [6, 6.07) is 12.2. The molecule has 1 heterocycles. The Hall–Kier alpha value is -3.26. The number of rotatable bonds is 7. The summed E-state index contributed by atoms with van der Waals surface area (Å²) in [7, 11) is 1.60. The Labute approximate surface area is 178 Å². The van der Waals surface area contributed by atoms with Crippen molar-refractivity contribution in [2.75, 3.05) is 12.4 Å². The van der Waals surface area contributed by atoms with Crippen molar-refractivity contribution in [1.29, 1.82) is 0 Å². The van der Waals surface area contributed by atoms with Crippen LogP contribution in [0.3, 0.4) is 0 Å². The highest BCUT2D eigenvalue weighted by atomic mass is 32.1. The van der Waals surface area contributed by atoms with Crippen LogP contribution in [0.1, 0.15) is 24.2 Å². The molecule has 1 aromatic heterocycles. The Bertz CT molecular complexity index is 1030. The fourth-order valence-corrected chi connectivity index (χ4v) is 3.53. The van der Waals surface area contributed by atoms with Gasteiger partial charge in [-0.3, -0.25) is 9.59 Å². The third kappa shape index (κ3) is 5.01. The van der Waals surface area contributed by atoms with Crippen LogP contribution in [0, 0.1) is 11.7 Å². The van der Waals surface area contributed by atoms with Crippen LogP contribution >= 0.6 is 11.3 Å². The van der Waals surface area contributed by atoms with Gasteiger partial charge in [-0.1, -0.05) is 26.0 Å². The van der Waals surface area contributed by atoms with Gasteiger partial charge >= 0.3 is 0 Å². The first-order chi connectivity index (χ1) is 14.4. The van der Waals surface area contributed by atoms with E-state index in [1.807, 2.05) is 29.6 Å². The zero-order chi connectivity index (χ0) is 21.7. The maximum atomic E-state index is 13.9. The summed E-state index contributed by atoms with van der Waals surface area (Å²) in [5.74, 6) is -1.15. The number of thiazole rings is 1. The van der Waals surface area contributed by atoms with Crippen molar-refractivity contribution >= 4 is 28.3 Å². The van der Waals surface area contributed by atoms with Gasteiger partial charge in [0.05, 0.1) is 18.4 Å². The molecule has 2 N–H and O–H groups in total. The fourth-order valence-electron chi connectivity index (χ4n) is 2.81. The SMILES string of the molecule is COc1ccc(-c2csc(NC(=O)[C@H](NC(=O)c3ccccc3F)C(C)C)n2)cc1. The van der Waals surface area contributed by atoms with Crippen molar-refractivity contribution in [2.45, 2.75) is 19.9 Å². The molecule has 6 nitrogen and oxygen atoms in total. The van der Waals surface area contributed by atoms with E-state index in [9.17, 15) is 14.0 Å². The number of hydrogen-bond donors (Lipinski definition) is 2. The summed E-state index contributed by atoms with van der Waals surface area (Å²) >= 11 is 1.28. The molecule has 0 radical (unpaired) electrons. The normalized spacial score (nSPS) is 11.8. The average molecular weight is 428 g/mol. The predicted octanol–water partition coefficient (Wildman–Crippen LogP) is 4.35. The van der Waals surface area contributed by atoms with Crippen LogP contribution in [0.15, 0.2) is 53.9 Å². The molecule has 1 atom stereocenters. The van der Waals surface area contributed by atoms with E-state index in [0.717, 1.165) is 17.0 Å². The van der Waals surface area contributed by atoms with Crippen molar-refractivity contribution in [2.24, 2.45) is 5.92 Å². The molecular formula is C22H22FN3O3S. The van der Waals surface area contributed by atoms with Crippen molar-refractivity contribution in [3.8, 4) is 17.0 Å². The lowest BCUT2D eigenvalue weighted by atomic mass is 10.0. The number of halogens is 1. The monoisotopic (exact) mass is 427 g/mol. The maximum Gasteiger partial charge on any atom is 0.254 e. The standard InChI is InChI=1S/C22H22FN3O3S/c1-13(2)19(25-20(27)16-6-4-5-7-17(16)23)21(28)26-22-24-18(12-30-22)14-8-10-15(29-3)11-9-14/h4-13,19H,1-3H3,(H,25,27)(H,24,26,28)/t19-/m1/s1. The lowest BCUT2D eigenvalue weighted by Crippen LogP contribution is -2.47. The molecule has 0 saturated carbocycles. The van der Waals surface area contributed by atoms with Gasteiger partial charge in [0.15, 0.2) is 5.13 Å². The Kier molecular flexibility index (Phi) is 6.79. The van der Waals surface area contributed by atoms with Crippen molar-refractivity contribution in [3.63, 3.8) is 0 Å². The van der Waals surface area contributed by atoms with E-state index in [1.165, 1.54) is 29.5 Å². The van der Waals surface area contributed by atoms with E-state index in [4.69, 9.17) is 4.74 Å². The van der Waals surface area contributed by atoms with Crippen LogP contribution in [0.4, 0.5) is 9.52 Å². The molecular weight excluding hydrogens is 405 g/mol. The van der Waals surface area contributed by atoms with Gasteiger partial charge < -0.3 is 15.4 Å². The van der Waals surface area contributed by atoms with Gasteiger partial charge in [-0.15, -0.1) is 11.3 Å². The first-order valence-electron chi connectivity index (χ1n) is 9.35. The van der Waals surface area contributed by atoms with Crippen molar-refractivity contribution in [1.82, 2.24) is 10.3 Å². The molecule has 0 bridgehead atoms. The molecule has 0 aliphatic carbocycles. The van der Waals surface area contributed by atoms with E-state index in [0.29, 0.717) is 5.13 Å². The first kappa shape index (κ1) is 21.4. The third-order valence-electron chi connectivity index (χ3n) is 4.47. The number of anilines is 1. The minimum absolute atomic E-state index is 0.105. The van der Waals surface area contributed by atoms with Crippen LogP contribution in [-0.4, -0.2) is 29.9 Å². The van der Waals surface area contributed by atoms with E-state index in [-0.39, 0.29) is 11.5 Å². The van der Waals surface area contributed by atoms with Gasteiger partial charge in [0, 0.05) is 10.9 Å². The molecule has 8 heteroatoms. The number of methoxy groups -OCH3 is 1. The van der Waals surface area contributed by atoms with Gasteiger partial charge in [0.25, 0.3) is 5.91 Å². The summed E-state index contributed by atoms with van der Waals surface area (Å²) in [5.41, 5.74) is 1.50. The number of carbonyl (C=O) groups excluding carboxylic acids is 2. The second-order valence-electron chi connectivity index (χ2n) is 6.93. The molecule has 156 valence electrons. The number of amides is 2. The highest BCUT2D eigenvalue weighted by molar-refractivity contribution is 7.14. The lowest BCUT2D eigenvalue weighted by molar-refractivity contribution is -0.118. The van der Waals surface area contributed by atoms with Gasteiger partial charge in [0.2, 0.25) is 5.91 Å². The Morgan fingerprint density at radius 2 is 1.80 bits per heavy atom. The number of nitrogens with one attached hydrogen (secondary N) is 2. The van der Waals surface area contributed by atoms with Gasteiger partial charge in [-0.05, 0) is 42.3 Å². The number of benzene rings is 2. The van der Waals surface area contributed by atoms with Crippen LogP contribution in [0.2, 0.25) is 0 Å². The van der Waals surface area contributed by atoms with Crippen LogP contribution in [-0.2, 0) is 4.79 Å². The summed E-state index contributed by atoms with van der Waals surface area (Å²) in [4.78, 5) is 29.6. The number of nitrogens with zero attached hydrogens (tertiary/aromatic N) is 1. The van der Waals surface area contributed by atoms with E-state index in [1.54, 1.807) is 27.0 Å². The topological polar surface area (TPSA) is 80.3 Å². The van der Waals surface area contributed by atoms with Gasteiger partial charge in [-0.2, -0.15) is 0 Å². The molecule has 0 aliphatic heterocycles. The van der Waals surface area contributed by atoms with Crippen molar-refractivity contribution < 1.29 is 18.7 Å². The highest BCUT2D eigenvalue weighted by Crippen LogP contribution is 2.26. The number of carbonyl (C=O) groups is 2. The quantitative estimate of drug-likeness (QED) is 0.587. The fraction of sp³-hybridized carbons (Fsp3) is 0.227. The summed E-state index contributed by atoms with van der Waals surface area (Å²) in [5, 5.41) is 7.61. The Morgan fingerprint density at radius 3 is 2.43 bits per heavy atom. The zero-order valence-electron chi connectivity index (χ0n) is 16.8. The van der Waals surface area contributed by atoms with Crippen molar-refractivity contribution in [3.05, 3.63) is 65.3 Å². The first-order valence-corrected chi connectivity index (χ1v) is 10.2. The molecule has 3 aromatic rings. The molecule has 2 aromatic carbocycles. The van der Waals surface area contributed by atoms with E-state index < -0.39 is 23.7 Å². The number of hydrogen-bond acceptors (Lipinski definition) is 5. The summed E-state index contributed by atoms with van der Waals surface area (Å²) in [6.45, 7) is 3.60. The highest BCUT2D eigenvalue weighted by Gasteiger charge is 2.26. The van der Waals surface area contributed by atoms with Crippen LogP contribution in [0.5, 0.6) is 5.75 Å². The largest absolute Gasteiger partial charge is 0.497 e. The summed E-state index contributed by atoms with van der Waals surface area (Å²) < 4.78 is 19.0. The van der Waals surface area contributed by atoms with Crippen LogP contribution < -0.4 is 15.4 Å². The lowest BCUT2D eigenvalue weighted by Gasteiger charge is -2.21. The van der Waals surface area contributed by atoms with Gasteiger partial charge in [-0.25, -0.2) is 9.37 Å². The Morgan fingerprint density at radius 1 is 1.10 bits per heavy atom. The molecule has 0 aliphatic rings. The predicted molar refractivity (Wildman–Crippen MR) is 115 cm³/mol.